The molecule has 1 aromatic carbocycles. The molecule has 0 aromatic heterocycles. The Morgan fingerprint density at radius 3 is 2.55 bits per heavy atom. The molecule has 1 saturated heterocycles. The minimum absolute atomic E-state index is 0.0718. The number of benzene rings is 1. The second-order valence-electron chi connectivity index (χ2n) is 5.40. The summed E-state index contributed by atoms with van der Waals surface area (Å²) in [6.07, 6.45) is -3.90. The molecular weight excluding hydrogens is 267 g/mol. The second kappa shape index (κ2) is 5.64. The first-order valence-corrected chi connectivity index (χ1v) is 6.78. The predicted octanol–water partition coefficient (Wildman–Crippen LogP) is 3.92. The number of rotatable bonds is 2. The number of hydrogen-bond donors (Lipinski definition) is 1. The van der Waals surface area contributed by atoms with E-state index in [9.17, 15) is 13.2 Å². The molecule has 0 aliphatic carbocycles. The van der Waals surface area contributed by atoms with Crippen molar-refractivity contribution in [1.29, 1.82) is 0 Å². The standard InChI is InChI=1S/C15H20F3NO/c1-9-4-5-12(14(20-3)10(9)2)13-8-11(6-7-19-13)15(16,17)18/h4-5,11,13,19H,6-8H2,1-3H3. The van der Waals surface area contributed by atoms with Crippen molar-refractivity contribution < 1.29 is 17.9 Å². The molecule has 1 heterocycles. The maximum Gasteiger partial charge on any atom is 0.391 e. The van der Waals surface area contributed by atoms with Gasteiger partial charge in [-0.3, -0.25) is 0 Å². The van der Waals surface area contributed by atoms with Crippen LogP contribution in [0.3, 0.4) is 0 Å². The van der Waals surface area contributed by atoms with E-state index in [2.05, 4.69) is 5.32 Å². The maximum absolute atomic E-state index is 12.9. The summed E-state index contributed by atoms with van der Waals surface area (Å²) in [5, 5.41) is 3.18. The molecule has 112 valence electrons. The Kier molecular flexibility index (Phi) is 4.28. The summed E-state index contributed by atoms with van der Waals surface area (Å²) >= 11 is 0. The molecule has 1 N–H and O–H groups in total. The molecule has 0 spiro atoms. The van der Waals surface area contributed by atoms with E-state index in [-0.39, 0.29) is 18.9 Å². The molecule has 0 amide bonds. The van der Waals surface area contributed by atoms with Crippen LogP contribution in [0.2, 0.25) is 0 Å². The van der Waals surface area contributed by atoms with Gasteiger partial charge >= 0.3 is 6.18 Å². The highest BCUT2D eigenvalue weighted by Gasteiger charge is 2.42. The van der Waals surface area contributed by atoms with E-state index in [4.69, 9.17) is 4.74 Å². The number of aryl methyl sites for hydroxylation is 1. The van der Waals surface area contributed by atoms with E-state index in [1.807, 2.05) is 26.0 Å². The summed E-state index contributed by atoms with van der Waals surface area (Å²) in [6.45, 7) is 4.28. The zero-order valence-electron chi connectivity index (χ0n) is 12.0. The van der Waals surface area contributed by atoms with Crippen molar-refractivity contribution in [3.63, 3.8) is 0 Å². The number of nitrogens with one attached hydrogen (secondary N) is 1. The van der Waals surface area contributed by atoms with Crippen LogP contribution in [0.4, 0.5) is 13.2 Å². The van der Waals surface area contributed by atoms with E-state index in [0.717, 1.165) is 16.7 Å². The monoisotopic (exact) mass is 287 g/mol. The summed E-state index contributed by atoms with van der Waals surface area (Å²) in [6, 6.07) is 3.51. The van der Waals surface area contributed by atoms with Crippen molar-refractivity contribution in [3.8, 4) is 5.75 Å². The largest absolute Gasteiger partial charge is 0.496 e. The summed E-state index contributed by atoms with van der Waals surface area (Å²) in [5.74, 6) is -0.537. The maximum atomic E-state index is 12.9. The molecule has 0 saturated carbocycles. The van der Waals surface area contributed by atoms with Gasteiger partial charge in [-0.25, -0.2) is 0 Å². The first kappa shape index (κ1) is 15.2. The van der Waals surface area contributed by atoms with Gasteiger partial charge in [0.1, 0.15) is 5.75 Å². The fourth-order valence-electron chi connectivity index (χ4n) is 2.81. The van der Waals surface area contributed by atoms with Gasteiger partial charge in [0, 0.05) is 11.6 Å². The molecule has 1 aliphatic heterocycles. The van der Waals surface area contributed by atoms with Crippen LogP contribution >= 0.6 is 0 Å². The van der Waals surface area contributed by atoms with Gasteiger partial charge in [-0.2, -0.15) is 13.2 Å². The minimum Gasteiger partial charge on any atom is -0.496 e. The van der Waals surface area contributed by atoms with Gasteiger partial charge in [0.05, 0.1) is 13.0 Å². The summed E-state index contributed by atoms with van der Waals surface area (Å²) in [7, 11) is 1.56. The van der Waals surface area contributed by atoms with Gasteiger partial charge in [0.15, 0.2) is 0 Å². The third-order valence-electron chi connectivity index (χ3n) is 4.15. The Balaban J connectivity index is 2.30. The molecule has 0 radical (unpaired) electrons. The highest BCUT2D eigenvalue weighted by atomic mass is 19.4. The average Bonchev–Trinajstić information content (AvgIpc) is 2.41. The zero-order chi connectivity index (χ0) is 14.9. The van der Waals surface area contributed by atoms with Gasteiger partial charge < -0.3 is 10.1 Å². The molecule has 5 heteroatoms. The number of alkyl halides is 3. The van der Waals surface area contributed by atoms with Gasteiger partial charge in [0.2, 0.25) is 0 Å². The quantitative estimate of drug-likeness (QED) is 0.890. The predicted molar refractivity (Wildman–Crippen MR) is 72.0 cm³/mol. The second-order valence-corrected chi connectivity index (χ2v) is 5.40. The van der Waals surface area contributed by atoms with E-state index in [0.29, 0.717) is 12.3 Å². The van der Waals surface area contributed by atoms with Gasteiger partial charge in [0.25, 0.3) is 0 Å². The Morgan fingerprint density at radius 1 is 1.25 bits per heavy atom. The third-order valence-corrected chi connectivity index (χ3v) is 4.15. The highest BCUT2D eigenvalue weighted by molar-refractivity contribution is 5.47. The van der Waals surface area contributed by atoms with Crippen LogP contribution in [0, 0.1) is 19.8 Å². The van der Waals surface area contributed by atoms with E-state index in [1.165, 1.54) is 0 Å². The van der Waals surface area contributed by atoms with Crippen LogP contribution in [0.5, 0.6) is 5.75 Å². The van der Waals surface area contributed by atoms with Crippen LogP contribution in [0.1, 0.15) is 35.6 Å². The molecule has 20 heavy (non-hydrogen) atoms. The molecule has 2 atom stereocenters. The highest BCUT2D eigenvalue weighted by Crippen LogP contribution is 2.41. The summed E-state index contributed by atoms with van der Waals surface area (Å²) in [5.41, 5.74) is 2.89. The van der Waals surface area contributed by atoms with Crippen LogP contribution < -0.4 is 10.1 Å². The lowest BCUT2D eigenvalue weighted by atomic mass is 9.87. The molecule has 2 rings (SSSR count). The number of halogens is 3. The van der Waals surface area contributed by atoms with E-state index < -0.39 is 12.1 Å². The smallest absolute Gasteiger partial charge is 0.391 e. The Bertz CT molecular complexity index is 485. The fraction of sp³-hybridized carbons (Fsp3) is 0.600. The Hall–Kier alpha value is -1.23. The number of piperidine rings is 1. The summed E-state index contributed by atoms with van der Waals surface area (Å²) < 4.78 is 44.1. The van der Waals surface area contributed by atoms with Crippen molar-refractivity contribution in [1.82, 2.24) is 5.32 Å². The molecule has 2 unspecified atom stereocenters. The zero-order valence-corrected chi connectivity index (χ0v) is 12.0. The van der Waals surface area contributed by atoms with Crippen molar-refractivity contribution in [2.24, 2.45) is 5.92 Å². The van der Waals surface area contributed by atoms with Gasteiger partial charge in [-0.05, 0) is 44.4 Å². The molecule has 0 bridgehead atoms. The van der Waals surface area contributed by atoms with Crippen molar-refractivity contribution in [2.75, 3.05) is 13.7 Å². The Labute approximate surface area is 117 Å². The van der Waals surface area contributed by atoms with E-state index in [1.54, 1.807) is 7.11 Å². The first-order valence-electron chi connectivity index (χ1n) is 6.78. The molecule has 1 aromatic rings. The van der Waals surface area contributed by atoms with Crippen molar-refractivity contribution >= 4 is 0 Å². The summed E-state index contributed by atoms with van der Waals surface area (Å²) in [4.78, 5) is 0. The SMILES string of the molecule is COc1c(C2CC(C(F)(F)F)CCN2)ccc(C)c1C. The lowest BCUT2D eigenvalue weighted by Crippen LogP contribution is -2.38. The molecule has 1 aliphatic rings. The topological polar surface area (TPSA) is 21.3 Å². The minimum atomic E-state index is -4.12. The number of ether oxygens (including phenoxy) is 1. The van der Waals surface area contributed by atoms with Gasteiger partial charge in [-0.1, -0.05) is 12.1 Å². The van der Waals surface area contributed by atoms with Crippen molar-refractivity contribution in [3.05, 3.63) is 28.8 Å². The lowest BCUT2D eigenvalue weighted by molar-refractivity contribution is -0.183. The normalized spacial score (nSPS) is 23.7. The first-order chi connectivity index (χ1) is 9.34. The van der Waals surface area contributed by atoms with E-state index >= 15 is 0 Å². The fourth-order valence-corrected chi connectivity index (χ4v) is 2.81. The molecule has 2 nitrogen and oxygen atoms in total. The number of hydrogen-bond acceptors (Lipinski definition) is 2. The molecular formula is C15H20F3NO. The average molecular weight is 287 g/mol. The van der Waals surface area contributed by atoms with Crippen LogP contribution in [0.25, 0.3) is 0 Å². The van der Waals surface area contributed by atoms with Crippen LogP contribution in [-0.4, -0.2) is 19.8 Å². The molecule has 1 fully saturated rings. The van der Waals surface area contributed by atoms with Gasteiger partial charge in [-0.15, -0.1) is 0 Å². The lowest BCUT2D eigenvalue weighted by Gasteiger charge is -2.33. The van der Waals surface area contributed by atoms with Crippen molar-refractivity contribution in [2.45, 2.75) is 38.9 Å². The third kappa shape index (κ3) is 2.92. The number of methoxy groups -OCH3 is 1. The van der Waals surface area contributed by atoms with Crippen LogP contribution in [-0.2, 0) is 0 Å². The Morgan fingerprint density at radius 2 is 1.95 bits per heavy atom. The van der Waals surface area contributed by atoms with Crippen LogP contribution in [0.15, 0.2) is 12.1 Å².